The number of piperidine rings is 1. The molecule has 1 rings (SSSR count). The van der Waals surface area contributed by atoms with Crippen LogP contribution in [0.3, 0.4) is 0 Å². The summed E-state index contributed by atoms with van der Waals surface area (Å²) in [5.41, 5.74) is 0. The number of carbonyl (C=O) groups is 1. The number of likely N-dealkylation sites (tertiary alicyclic amines) is 1. The van der Waals surface area contributed by atoms with Crippen molar-refractivity contribution in [2.75, 3.05) is 39.6 Å². The van der Waals surface area contributed by atoms with Crippen LogP contribution in [0, 0.1) is 0 Å². The van der Waals surface area contributed by atoms with Crippen LogP contribution in [-0.2, 0) is 14.8 Å². The maximum Gasteiger partial charge on any atom is 0.317 e. The van der Waals surface area contributed by atoms with Crippen LogP contribution in [0.2, 0.25) is 0 Å². The second-order valence-electron chi connectivity index (χ2n) is 5.04. The Labute approximate surface area is 121 Å². The number of urea groups is 1. The van der Waals surface area contributed by atoms with Gasteiger partial charge in [-0.2, -0.15) is 0 Å². The van der Waals surface area contributed by atoms with Crippen LogP contribution < -0.4 is 10.0 Å². The summed E-state index contributed by atoms with van der Waals surface area (Å²) in [5.74, 6) is 0. The minimum atomic E-state index is -3.22. The summed E-state index contributed by atoms with van der Waals surface area (Å²) >= 11 is 0. The van der Waals surface area contributed by atoms with Gasteiger partial charge < -0.3 is 15.0 Å². The van der Waals surface area contributed by atoms with E-state index in [2.05, 4.69) is 10.0 Å². The quantitative estimate of drug-likeness (QED) is 0.655. The summed E-state index contributed by atoms with van der Waals surface area (Å²) in [7, 11) is -1.60. The van der Waals surface area contributed by atoms with E-state index in [9.17, 15) is 13.2 Å². The molecule has 1 atom stereocenters. The molecular weight excluding hydrogens is 282 g/mol. The highest BCUT2D eigenvalue weighted by Gasteiger charge is 2.26. The Hall–Kier alpha value is -0.860. The molecular formula is C12H25N3O4S. The first-order chi connectivity index (χ1) is 9.44. The highest BCUT2D eigenvalue weighted by atomic mass is 32.2. The molecule has 20 heavy (non-hydrogen) atoms. The number of methoxy groups -OCH3 is 1. The minimum absolute atomic E-state index is 0.0686. The van der Waals surface area contributed by atoms with Crippen LogP contribution in [0.25, 0.3) is 0 Å². The first-order valence-electron chi connectivity index (χ1n) is 6.92. The Balaban J connectivity index is 2.44. The number of nitrogens with one attached hydrogen (secondary N) is 2. The summed E-state index contributed by atoms with van der Waals surface area (Å²) in [4.78, 5) is 13.8. The highest BCUT2D eigenvalue weighted by molar-refractivity contribution is 7.88. The van der Waals surface area contributed by atoms with Gasteiger partial charge in [0.15, 0.2) is 0 Å². The van der Waals surface area contributed by atoms with Crippen LogP contribution in [0.1, 0.15) is 25.7 Å². The predicted molar refractivity (Wildman–Crippen MR) is 77.1 cm³/mol. The van der Waals surface area contributed by atoms with Crippen molar-refractivity contribution in [2.24, 2.45) is 0 Å². The van der Waals surface area contributed by atoms with Gasteiger partial charge in [0.1, 0.15) is 0 Å². The van der Waals surface area contributed by atoms with Crippen molar-refractivity contribution in [1.29, 1.82) is 0 Å². The van der Waals surface area contributed by atoms with Crippen molar-refractivity contribution in [1.82, 2.24) is 14.9 Å². The van der Waals surface area contributed by atoms with Gasteiger partial charge in [0.05, 0.1) is 6.26 Å². The van der Waals surface area contributed by atoms with Gasteiger partial charge in [-0.1, -0.05) is 0 Å². The van der Waals surface area contributed by atoms with Crippen LogP contribution >= 0.6 is 0 Å². The third kappa shape index (κ3) is 6.53. The lowest BCUT2D eigenvalue weighted by Crippen LogP contribution is -2.52. The molecule has 0 aromatic carbocycles. The lowest BCUT2D eigenvalue weighted by atomic mass is 10.0. The second-order valence-corrected chi connectivity index (χ2v) is 6.87. The van der Waals surface area contributed by atoms with Gasteiger partial charge >= 0.3 is 6.03 Å². The third-order valence-corrected chi connectivity index (χ3v) is 3.96. The number of hydrogen-bond donors (Lipinski definition) is 2. The van der Waals surface area contributed by atoms with Gasteiger partial charge in [-0.15, -0.1) is 0 Å². The summed E-state index contributed by atoms with van der Waals surface area (Å²) < 4.78 is 29.7. The molecule has 0 aliphatic carbocycles. The first-order valence-corrected chi connectivity index (χ1v) is 8.81. The van der Waals surface area contributed by atoms with Gasteiger partial charge in [0.25, 0.3) is 0 Å². The molecule has 0 aromatic rings. The molecule has 0 radical (unpaired) electrons. The van der Waals surface area contributed by atoms with E-state index in [0.717, 1.165) is 31.9 Å². The first kappa shape index (κ1) is 17.2. The number of ether oxygens (including phenoxy) is 1. The van der Waals surface area contributed by atoms with Crippen molar-refractivity contribution in [3.8, 4) is 0 Å². The molecule has 1 fully saturated rings. The minimum Gasteiger partial charge on any atom is -0.385 e. The number of sulfonamides is 1. The topological polar surface area (TPSA) is 87.7 Å². The third-order valence-electron chi connectivity index (χ3n) is 3.27. The smallest absolute Gasteiger partial charge is 0.317 e. The molecule has 8 heteroatoms. The molecule has 7 nitrogen and oxygen atoms in total. The molecule has 118 valence electrons. The van der Waals surface area contributed by atoms with E-state index < -0.39 is 10.0 Å². The largest absolute Gasteiger partial charge is 0.385 e. The van der Waals surface area contributed by atoms with Crippen LogP contribution in [-0.4, -0.2) is 65.0 Å². The van der Waals surface area contributed by atoms with Gasteiger partial charge in [-0.3, -0.25) is 0 Å². The Morgan fingerprint density at radius 2 is 2.15 bits per heavy atom. The summed E-state index contributed by atoms with van der Waals surface area (Å²) in [5, 5.41) is 2.84. The zero-order valence-electron chi connectivity index (χ0n) is 12.2. The highest BCUT2D eigenvalue weighted by Crippen LogP contribution is 2.16. The average Bonchev–Trinajstić information content (AvgIpc) is 2.40. The lowest BCUT2D eigenvalue weighted by molar-refractivity contribution is 0.150. The number of rotatable bonds is 7. The maximum absolute atomic E-state index is 12.1. The molecule has 1 heterocycles. The number of carbonyl (C=O) groups excluding carboxylic acids is 1. The molecule has 1 unspecified atom stereocenters. The average molecular weight is 307 g/mol. The number of hydrogen-bond acceptors (Lipinski definition) is 4. The van der Waals surface area contributed by atoms with E-state index in [1.54, 1.807) is 12.0 Å². The Kier molecular flexibility index (Phi) is 7.25. The summed E-state index contributed by atoms with van der Waals surface area (Å²) in [6.07, 6.45) is 4.70. The molecule has 2 amide bonds. The van der Waals surface area contributed by atoms with Crippen molar-refractivity contribution in [3.05, 3.63) is 0 Å². The van der Waals surface area contributed by atoms with Crippen molar-refractivity contribution < 1.29 is 17.9 Å². The summed E-state index contributed by atoms with van der Waals surface area (Å²) in [6.45, 7) is 2.13. The fourth-order valence-corrected chi connectivity index (χ4v) is 2.74. The van der Waals surface area contributed by atoms with Crippen LogP contribution in [0.5, 0.6) is 0 Å². The zero-order valence-corrected chi connectivity index (χ0v) is 13.0. The molecule has 0 spiro atoms. The van der Waals surface area contributed by atoms with E-state index in [1.165, 1.54) is 0 Å². The van der Waals surface area contributed by atoms with Crippen molar-refractivity contribution in [3.63, 3.8) is 0 Å². The monoisotopic (exact) mass is 307 g/mol. The van der Waals surface area contributed by atoms with Gasteiger partial charge in [-0.25, -0.2) is 17.9 Å². The molecule has 0 aromatic heterocycles. The van der Waals surface area contributed by atoms with E-state index in [4.69, 9.17) is 4.74 Å². The molecule has 0 bridgehead atoms. The summed E-state index contributed by atoms with van der Waals surface area (Å²) in [6, 6.07) is -0.193. The standard InChI is InChI=1S/C12H25N3O4S/c1-19-9-5-7-13-12(16)15-8-4-3-6-11(15)10-14-20(2,17)18/h11,14H,3-10H2,1-2H3,(H,13,16). The molecule has 1 aliphatic rings. The zero-order chi connectivity index (χ0) is 15.0. The van der Waals surface area contributed by atoms with E-state index in [0.29, 0.717) is 19.7 Å². The fourth-order valence-electron chi connectivity index (χ4n) is 2.24. The fraction of sp³-hybridized carbons (Fsp3) is 0.917. The molecule has 1 aliphatic heterocycles. The predicted octanol–water partition coefficient (Wildman–Crippen LogP) is 0.136. The number of amides is 2. The number of nitrogens with zero attached hydrogens (tertiary/aromatic N) is 1. The molecule has 1 saturated heterocycles. The second kappa shape index (κ2) is 8.43. The van der Waals surface area contributed by atoms with E-state index in [1.807, 2.05) is 0 Å². The Morgan fingerprint density at radius 1 is 1.40 bits per heavy atom. The van der Waals surface area contributed by atoms with Crippen LogP contribution in [0.15, 0.2) is 0 Å². The Morgan fingerprint density at radius 3 is 2.80 bits per heavy atom. The van der Waals surface area contributed by atoms with Crippen molar-refractivity contribution >= 4 is 16.1 Å². The van der Waals surface area contributed by atoms with Crippen LogP contribution in [0.4, 0.5) is 4.79 Å². The van der Waals surface area contributed by atoms with E-state index in [-0.39, 0.29) is 18.6 Å². The van der Waals surface area contributed by atoms with E-state index >= 15 is 0 Å². The Bertz CT molecular complexity index is 400. The van der Waals surface area contributed by atoms with Gasteiger partial charge in [0.2, 0.25) is 10.0 Å². The lowest BCUT2D eigenvalue weighted by Gasteiger charge is -2.35. The normalized spacial score (nSPS) is 19.9. The maximum atomic E-state index is 12.1. The van der Waals surface area contributed by atoms with Gasteiger partial charge in [-0.05, 0) is 25.7 Å². The van der Waals surface area contributed by atoms with Gasteiger partial charge in [0, 0.05) is 39.4 Å². The molecule has 2 N–H and O–H groups in total. The SMILES string of the molecule is COCCCNC(=O)N1CCCCC1CNS(C)(=O)=O. The molecule has 0 saturated carbocycles. The van der Waals surface area contributed by atoms with Crippen molar-refractivity contribution in [2.45, 2.75) is 31.7 Å².